The van der Waals surface area contributed by atoms with Crippen LogP contribution in [-0.2, 0) is 14.3 Å². The normalized spacial score (nSPS) is 23.0. The summed E-state index contributed by atoms with van der Waals surface area (Å²) in [6.45, 7) is 0. The zero-order valence-corrected chi connectivity index (χ0v) is 6.94. The molecule has 1 rings (SSSR count). The van der Waals surface area contributed by atoms with E-state index in [0.717, 1.165) is 0 Å². The number of hydrogen-bond donors (Lipinski definition) is 0. The van der Waals surface area contributed by atoms with Crippen LogP contribution in [0, 0.1) is 5.92 Å². The molecule has 1 atom stereocenters. The number of rotatable bonds is 1. The number of carbonyl (C=O) groups is 1. The van der Waals surface area contributed by atoms with Crippen LogP contribution in [0.4, 0.5) is 0 Å². The minimum Gasteiger partial charge on any atom is -0.469 e. The van der Waals surface area contributed by atoms with Crippen LogP contribution in [0.3, 0.4) is 0 Å². The summed E-state index contributed by atoms with van der Waals surface area (Å²) in [7, 11) is 1.33. The van der Waals surface area contributed by atoms with Crippen LogP contribution < -0.4 is 0 Å². The molecular formula is C7H8O3S. The molecule has 3 nitrogen and oxygen atoms in total. The first-order valence-electron chi connectivity index (χ1n) is 3.19. The first-order chi connectivity index (χ1) is 5.29. The van der Waals surface area contributed by atoms with Gasteiger partial charge >= 0.3 is 5.97 Å². The van der Waals surface area contributed by atoms with Gasteiger partial charge in [0.15, 0.2) is 0 Å². The van der Waals surface area contributed by atoms with Crippen molar-refractivity contribution in [1.29, 1.82) is 0 Å². The molecule has 0 bridgehead atoms. The Morgan fingerprint density at radius 2 is 2.55 bits per heavy atom. The number of ether oxygens (including phenoxy) is 1. The van der Waals surface area contributed by atoms with Gasteiger partial charge in [-0.15, -0.1) is 0 Å². The zero-order valence-electron chi connectivity index (χ0n) is 6.12. The van der Waals surface area contributed by atoms with Gasteiger partial charge in [-0.05, 0) is 0 Å². The zero-order chi connectivity index (χ0) is 8.27. The second-order valence-electron chi connectivity index (χ2n) is 2.22. The second-order valence-corrected chi connectivity index (χ2v) is 3.25. The topological polar surface area (TPSA) is 43.4 Å². The smallest absolute Gasteiger partial charge is 0.314 e. The van der Waals surface area contributed by atoms with Gasteiger partial charge in [0, 0.05) is 17.1 Å². The predicted octanol–water partition coefficient (Wildman–Crippen LogP) is 0.280. The molecule has 0 spiro atoms. The summed E-state index contributed by atoms with van der Waals surface area (Å²) < 4.78 is 4.51. The van der Waals surface area contributed by atoms with E-state index < -0.39 is 0 Å². The molecule has 0 aromatic rings. The summed E-state index contributed by atoms with van der Waals surface area (Å²) in [5.74, 6) is 2.37. The molecule has 11 heavy (non-hydrogen) atoms. The summed E-state index contributed by atoms with van der Waals surface area (Å²) in [5.41, 5.74) is 0.529. The Morgan fingerprint density at radius 1 is 1.82 bits per heavy atom. The van der Waals surface area contributed by atoms with Gasteiger partial charge in [0.1, 0.15) is 5.94 Å². The van der Waals surface area contributed by atoms with Crippen molar-refractivity contribution in [2.45, 2.75) is 0 Å². The first kappa shape index (κ1) is 8.37. The largest absolute Gasteiger partial charge is 0.469 e. The fourth-order valence-corrected chi connectivity index (χ4v) is 2.11. The number of methoxy groups -OCH3 is 1. The molecule has 0 N–H and O–H groups in total. The monoisotopic (exact) mass is 172 g/mol. The highest BCUT2D eigenvalue weighted by Crippen LogP contribution is 2.27. The van der Waals surface area contributed by atoms with Gasteiger partial charge in [-0.3, -0.25) is 4.79 Å². The summed E-state index contributed by atoms with van der Waals surface area (Å²) in [4.78, 5) is 21.2. The highest BCUT2D eigenvalue weighted by atomic mass is 32.2. The highest BCUT2D eigenvalue weighted by Gasteiger charge is 2.29. The lowest BCUT2D eigenvalue weighted by Gasteiger charge is -2.03. The van der Waals surface area contributed by atoms with Gasteiger partial charge in [-0.2, -0.15) is 11.8 Å². The molecule has 60 valence electrons. The summed E-state index contributed by atoms with van der Waals surface area (Å²) in [5, 5.41) is 0. The van der Waals surface area contributed by atoms with Gasteiger partial charge in [0.2, 0.25) is 0 Å². The maximum absolute atomic E-state index is 10.9. The molecule has 0 aromatic heterocycles. The standard InChI is InChI=1S/C7H8O3S/c1-10-7(9)6-4-11-3-5(6)2-8/h6H,3-4H2,1H3. The molecular weight excluding hydrogens is 164 g/mol. The summed E-state index contributed by atoms with van der Waals surface area (Å²) in [6.07, 6.45) is 0. The minimum atomic E-state index is -0.345. The van der Waals surface area contributed by atoms with Crippen molar-refractivity contribution in [2.24, 2.45) is 5.92 Å². The minimum absolute atomic E-state index is 0.326. The Hall–Kier alpha value is -0.730. The van der Waals surface area contributed by atoms with Crippen LogP contribution in [0.25, 0.3) is 0 Å². The molecule has 1 aliphatic rings. The maximum Gasteiger partial charge on any atom is 0.314 e. The van der Waals surface area contributed by atoms with Crippen molar-refractivity contribution >= 4 is 23.7 Å². The third kappa shape index (κ3) is 1.64. The summed E-state index contributed by atoms with van der Waals surface area (Å²) >= 11 is 1.56. The van der Waals surface area contributed by atoms with Crippen LogP contribution in [-0.4, -0.2) is 30.5 Å². The molecule has 0 amide bonds. The molecule has 1 unspecified atom stereocenters. The fourth-order valence-electron chi connectivity index (χ4n) is 0.941. The number of thioether (sulfide) groups is 1. The van der Waals surface area contributed by atoms with E-state index >= 15 is 0 Å². The Kier molecular flexibility index (Phi) is 2.74. The lowest BCUT2D eigenvalue weighted by molar-refractivity contribution is -0.143. The number of hydrogen-bond acceptors (Lipinski definition) is 4. The van der Waals surface area contributed by atoms with Crippen molar-refractivity contribution in [3.8, 4) is 0 Å². The van der Waals surface area contributed by atoms with E-state index in [4.69, 9.17) is 0 Å². The van der Waals surface area contributed by atoms with Crippen molar-refractivity contribution < 1.29 is 14.3 Å². The van der Waals surface area contributed by atoms with E-state index in [9.17, 15) is 9.59 Å². The Bertz CT molecular complexity index is 218. The summed E-state index contributed by atoms with van der Waals surface area (Å²) in [6, 6.07) is 0. The Balaban J connectivity index is 2.72. The lowest BCUT2D eigenvalue weighted by Crippen LogP contribution is -2.17. The van der Waals surface area contributed by atoms with Crippen LogP contribution in [0.5, 0.6) is 0 Å². The lowest BCUT2D eigenvalue weighted by atomic mass is 10.1. The van der Waals surface area contributed by atoms with E-state index in [1.165, 1.54) is 7.11 Å². The second kappa shape index (κ2) is 3.60. The quantitative estimate of drug-likeness (QED) is 0.421. The first-order valence-corrected chi connectivity index (χ1v) is 4.34. The van der Waals surface area contributed by atoms with Crippen molar-refractivity contribution in [1.82, 2.24) is 0 Å². The van der Waals surface area contributed by atoms with Crippen LogP contribution in [0.15, 0.2) is 5.57 Å². The fraction of sp³-hybridized carbons (Fsp3) is 0.571. The average molecular weight is 172 g/mol. The van der Waals surface area contributed by atoms with Crippen molar-refractivity contribution in [3.63, 3.8) is 0 Å². The molecule has 1 saturated heterocycles. The molecule has 0 aromatic carbocycles. The van der Waals surface area contributed by atoms with Gasteiger partial charge < -0.3 is 4.74 Å². The highest BCUT2D eigenvalue weighted by molar-refractivity contribution is 7.99. The molecule has 0 radical (unpaired) electrons. The third-order valence-electron chi connectivity index (χ3n) is 1.58. The molecule has 0 aliphatic carbocycles. The van der Waals surface area contributed by atoms with Crippen molar-refractivity contribution in [3.05, 3.63) is 5.57 Å². The average Bonchev–Trinajstić information content (AvgIpc) is 2.50. The van der Waals surface area contributed by atoms with Crippen LogP contribution in [0.2, 0.25) is 0 Å². The molecule has 1 fully saturated rings. The van der Waals surface area contributed by atoms with Gasteiger partial charge in [-0.1, -0.05) is 0 Å². The number of carbonyl (C=O) groups excluding carboxylic acids is 2. The maximum atomic E-state index is 10.9. The Morgan fingerprint density at radius 3 is 3.09 bits per heavy atom. The van der Waals surface area contributed by atoms with Crippen molar-refractivity contribution in [2.75, 3.05) is 18.6 Å². The van der Waals surface area contributed by atoms with E-state index in [2.05, 4.69) is 4.74 Å². The van der Waals surface area contributed by atoms with Gasteiger partial charge in [-0.25, -0.2) is 4.79 Å². The van der Waals surface area contributed by atoms with E-state index in [0.29, 0.717) is 17.1 Å². The Labute approximate surface area is 68.8 Å². The third-order valence-corrected chi connectivity index (χ3v) is 2.66. The molecule has 1 heterocycles. The van der Waals surface area contributed by atoms with E-state index in [-0.39, 0.29) is 11.9 Å². The molecule has 4 heteroatoms. The van der Waals surface area contributed by atoms with Gasteiger partial charge in [0.05, 0.1) is 13.0 Å². The molecule has 0 saturated carbocycles. The van der Waals surface area contributed by atoms with E-state index in [1.54, 1.807) is 17.7 Å². The van der Waals surface area contributed by atoms with Gasteiger partial charge in [0.25, 0.3) is 0 Å². The van der Waals surface area contributed by atoms with E-state index in [1.807, 2.05) is 0 Å². The predicted molar refractivity (Wildman–Crippen MR) is 42.0 cm³/mol. The molecule has 1 aliphatic heterocycles. The van der Waals surface area contributed by atoms with Crippen LogP contribution in [0.1, 0.15) is 0 Å². The SMILES string of the molecule is COC(=O)C1CSCC1=C=O. The van der Waals surface area contributed by atoms with Crippen LogP contribution >= 0.6 is 11.8 Å². The number of esters is 1.